The molecule has 1 N–H and O–H groups in total. The predicted octanol–water partition coefficient (Wildman–Crippen LogP) is 6.99. The van der Waals surface area contributed by atoms with Crippen LogP contribution in [-0.4, -0.2) is 36.9 Å². The Morgan fingerprint density at radius 1 is 1.09 bits per heavy atom. The van der Waals surface area contributed by atoms with Crippen molar-refractivity contribution in [3.63, 3.8) is 0 Å². The first-order chi connectivity index (χ1) is 15.8. The maximum absolute atomic E-state index is 4.56. The molecule has 0 saturated heterocycles. The van der Waals surface area contributed by atoms with Crippen LogP contribution in [0.5, 0.6) is 0 Å². The first-order valence-corrected chi connectivity index (χ1v) is 11.5. The minimum absolute atomic E-state index is 0.192. The Kier molecular flexibility index (Phi) is 15.7. The van der Waals surface area contributed by atoms with E-state index in [0.717, 1.165) is 35.5 Å². The van der Waals surface area contributed by atoms with Crippen LogP contribution in [0.2, 0.25) is 0 Å². The van der Waals surface area contributed by atoms with Crippen molar-refractivity contribution >= 4 is 18.9 Å². The van der Waals surface area contributed by atoms with Crippen LogP contribution in [0.25, 0.3) is 0 Å². The van der Waals surface area contributed by atoms with E-state index in [0.29, 0.717) is 12.5 Å². The van der Waals surface area contributed by atoms with Gasteiger partial charge in [0.05, 0.1) is 0 Å². The molecule has 0 saturated carbocycles. The van der Waals surface area contributed by atoms with Crippen LogP contribution >= 0.6 is 0 Å². The van der Waals surface area contributed by atoms with Crippen molar-refractivity contribution in [3.05, 3.63) is 84.1 Å². The molecule has 0 aromatic carbocycles. The second kappa shape index (κ2) is 17.4. The fraction of sp³-hybridized carbons (Fsp3) is 0.393. The van der Waals surface area contributed by atoms with E-state index in [2.05, 4.69) is 84.1 Å². The van der Waals surface area contributed by atoms with Crippen LogP contribution in [-0.2, 0) is 0 Å². The van der Waals surface area contributed by atoms with Crippen LogP contribution in [0, 0.1) is 5.92 Å². The lowest BCUT2D eigenvalue weighted by Gasteiger charge is -2.28. The summed E-state index contributed by atoms with van der Waals surface area (Å²) in [6.07, 6.45) is 16.7. The zero-order chi connectivity index (χ0) is 25.2. The van der Waals surface area contributed by atoms with E-state index >= 15 is 0 Å². The molecule has 0 aromatic rings. The molecule has 0 rings (SSSR count). The van der Waals surface area contributed by atoms with Gasteiger partial charge in [-0.2, -0.15) is 0 Å². The molecule has 33 heavy (non-hydrogen) atoms. The van der Waals surface area contributed by atoms with Crippen LogP contribution < -0.4 is 5.32 Å². The first kappa shape index (κ1) is 29.8. The number of hydrogen-bond donors (Lipinski definition) is 1. The van der Waals surface area contributed by atoms with Gasteiger partial charge in [-0.25, -0.2) is 9.98 Å². The smallest absolute Gasteiger partial charge is 0.229 e. The van der Waals surface area contributed by atoms with Gasteiger partial charge in [0.25, 0.3) is 0 Å². The van der Waals surface area contributed by atoms with E-state index in [-0.39, 0.29) is 5.92 Å². The Bertz CT molecular complexity index is 863. The molecule has 0 aromatic heterocycles. The molecule has 1 atom stereocenters. The van der Waals surface area contributed by atoms with Crippen molar-refractivity contribution in [1.82, 2.24) is 10.2 Å². The standard InChI is InChI=1S/C28H43N5/c1-11-22(6)24(8)21-31-19-16-18-30-20-17-23(7)26(13-3)27(14-4)33(15-5)28(29-10)32-25(9)12-2/h11,13-14,16-17,19-21,23,30H,8-10,12,15,18H2,1-7H3/b19-16-,20-17+,22-11+,26-13-,27-14+,31-21?,32-28?. The van der Waals surface area contributed by atoms with E-state index in [9.17, 15) is 0 Å². The van der Waals surface area contributed by atoms with Gasteiger partial charge in [-0.05, 0) is 76.8 Å². The summed E-state index contributed by atoms with van der Waals surface area (Å²) in [5, 5.41) is 3.29. The number of guanidine groups is 1. The number of nitrogens with one attached hydrogen (secondary N) is 1. The van der Waals surface area contributed by atoms with Gasteiger partial charge in [0.1, 0.15) is 0 Å². The van der Waals surface area contributed by atoms with Gasteiger partial charge >= 0.3 is 0 Å². The highest BCUT2D eigenvalue weighted by atomic mass is 15.3. The summed E-state index contributed by atoms with van der Waals surface area (Å²) in [6, 6.07) is 0. The van der Waals surface area contributed by atoms with Gasteiger partial charge in [-0.15, -0.1) is 0 Å². The Morgan fingerprint density at radius 2 is 1.79 bits per heavy atom. The summed E-state index contributed by atoms with van der Waals surface area (Å²) in [6.45, 7) is 27.5. The molecule has 0 amide bonds. The van der Waals surface area contributed by atoms with E-state index in [1.165, 1.54) is 5.57 Å². The zero-order valence-corrected chi connectivity index (χ0v) is 21.7. The molecule has 0 aliphatic rings. The van der Waals surface area contributed by atoms with Gasteiger partial charge < -0.3 is 10.2 Å². The molecule has 0 heterocycles. The fourth-order valence-electron chi connectivity index (χ4n) is 2.93. The molecule has 1 unspecified atom stereocenters. The number of likely N-dealkylation sites (N-methyl/N-ethyl adjacent to an activating group) is 1. The van der Waals surface area contributed by atoms with Crippen molar-refractivity contribution in [3.8, 4) is 0 Å². The van der Waals surface area contributed by atoms with E-state index in [1.54, 1.807) is 12.4 Å². The molecule has 0 radical (unpaired) electrons. The van der Waals surface area contributed by atoms with Gasteiger partial charge in [0.15, 0.2) is 0 Å². The first-order valence-electron chi connectivity index (χ1n) is 11.5. The maximum Gasteiger partial charge on any atom is 0.229 e. The minimum Gasteiger partial charge on any atom is -0.388 e. The fourth-order valence-corrected chi connectivity index (χ4v) is 2.93. The molecule has 0 spiro atoms. The molecule has 0 bridgehead atoms. The normalized spacial score (nSPS) is 14.9. The van der Waals surface area contributed by atoms with Crippen molar-refractivity contribution < 1.29 is 0 Å². The second-order valence-electron chi connectivity index (χ2n) is 7.37. The van der Waals surface area contributed by atoms with Crippen molar-refractivity contribution in [2.24, 2.45) is 20.9 Å². The molecular weight excluding hydrogens is 406 g/mol. The van der Waals surface area contributed by atoms with E-state index in [4.69, 9.17) is 0 Å². The Labute approximate surface area is 202 Å². The third-order valence-corrected chi connectivity index (χ3v) is 5.13. The number of nitrogens with zero attached hydrogens (tertiary/aromatic N) is 4. The van der Waals surface area contributed by atoms with Gasteiger partial charge in [-0.3, -0.25) is 4.99 Å². The largest absolute Gasteiger partial charge is 0.388 e. The van der Waals surface area contributed by atoms with Gasteiger partial charge in [0.2, 0.25) is 5.96 Å². The average Bonchev–Trinajstić information content (AvgIpc) is 2.83. The average molecular weight is 450 g/mol. The highest BCUT2D eigenvalue weighted by molar-refractivity contribution is 5.87. The Morgan fingerprint density at radius 3 is 2.30 bits per heavy atom. The third-order valence-electron chi connectivity index (χ3n) is 5.13. The van der Waals surface area contributed by atoms with Gasteiger partial charge in [-0.1, -0.05) is 51.3 Å². The molecule has 180 valence electrons. The number of aliphatic imine (C=N–C) groups is 3. The zero-order valence-electron chi connectivity index (χ0n) is 21.7. The summed E-state index contributed by atoms with van der Waals surface area (Å²) in [4.78, 5) is 15.1. The topological polar surface area (TPSA) is 52.4 Å². The number of hydrogen-bond acceptors (Lipinski definition) is 3. The monoisotopic (exact) mass is 449 g/mol. The minimum atomic E-state index is 0.192. The quantitative estimate of drug-likeness (QED) is 0.143. The molecule has 0 fully saturated rings. The summed E-state index contributed by atoms with van der Waals surface area (Å²) < 4.78 is 0. The number of rotatable bonds is 13. The summed E-state index contributed by atoms with van der Waals surface area (Å²) in [7, 11) is 0. The lowest BCUT2D eigenvalue weighted by molar-refractivity contribution is 0.530. The lowest BCUT2D eigenvalue weighted by atomic mass is 9.96. The Hall–Kier alpha value is -3.21. The molecule has 0 aliphatic carbocycles. The molecule has 5 nitrogen and oxygen atoms in total. The van der Waals surface area contributed by atoms with Crippen molar-refractivity contribution in [1.29, 1.82) is 0 Å². The molecular formula is C28H43N5. The second-order valence-corrected chi connectivity index (χ2v) is 7.37. The van der Waals surface area contributed by atoms with Crippen LogP contribution in [0.1, 0.15) is 54.9 Å². The molecule has 5 heteroatoms. The summed E-state index contributed by atoms with van der Waals surface area (Å²) in [5.41, 5.74) is 5.08. The van der Waals surface area contributed by atoms with Crippen LogP contribution in [0.15, 0.2) is 99.0 Å². The highest BCUT2D eigenvalue weighted by Crippen LogP contribution is 2.25. The predicted molar refractivity (Wildman–Crippen MR) is 149 cm³/mol. The van der Waals surface area contributed by atoms with E-state index in [1.807, 2.05) is 46.0 Å². The SMILES string of the molecule is C=NC(=NC(=C)CC)N(CC)C(=C/C)/C(=C\C)C(C)/C=C/NC/C=C\N=CC(=C)/C(C)=C/C. The summed E-state index contributed by atoms with van der Waals surface area (Å²) in [5.74, 6) is 0.765. The van der Waals surface area contributed by atoms with Crippen LogP contribution in [0.4, 0.5) is 0 Å². The van der Waals surface area contributed by atoms with Gasteiger partial charge in [0, 0.05) is 42.8 Å². The highest BCUT2D eigenvalue weighted by Gasteiger charge is 2.19. The number of allylic oxidation sites excluding steroid dienone is 8. The third kappa shape index (κ3) is 10.8. The van der Waals surface area contributed by atoms with Crippen molar-refractivity contribution in [2.75, 3.05) is 13.1 Å². The maximum atomic E-state index is 4.56. The lowest BCUT2D eigenvalue weighted by Crippen LogP contribution is -2.31. The Balaban J connectivity index is 5.18. The summed E-state index contributed by atoms with van der Waals surface area (Å²) >= 11 is 0. The van der Waals surface area contributed by atoms with Crippen molar-refractivity contribution in [2.45, 2.75) is 54.9 Å². The van der Waals surface area contributed by atoms with E-state index < -0.39 is 0 Å². The van der Waals surface area contributed by atoms with Crippen LogP contribution in [0.3, 0.4) is 0 Å². The molecule has 0 aliphatic heterocycles.